The molecule has 1 aliphatic rings. The molecule has 2 nitrogen and oxygen atoms in total. The minimum atomic E-state index is 0.820. The maximum absolute atomic E-state index is 5.99. The smallest absolute Gasteiger partial charge is 0.0903 e. The van der Waals surface area contributed by atoms with E-state index in [9.17, 15) is 0 Å². The fourth-order valence-corrected chi connectivity index (χ4v) is 2.08. The van der Waals surface area contributed by atoms with Crippen LogP contribution in [0.3, 0.4) is 0 Å². The van der Waals surface area contributed by atoms with E-state index < -0.39 is 0 Å². The highest BCUT2D eigenvalue weighted by Crippen LogP contribution is 2.37. The molecular formula is C11H15ClN2. The average molecular weight is 211 g/mol. The van der Waals surface area contributed by atoms with Gasteiger partial charge in [0.2, 0.25) is 0 Å². The van der Waals surface area contributed by atoms with E-state index in [1.807, 2.05) is 6.07 Å². The summed E-state index contributed by atoms with van der Waals surface area (Å²) >= 11 is 5.99. The van der Waals surface area contributed by atoms with Crippen molar-refractivity contribution in [2.45, 2.75) is 13.8 Å². The summed E-state index contributed by atoms with van der Waals surface area (Å²) < 4.78 is 0. The molecule has 2 rings (SSSR count). The molecule has 0 unspecified atom stereocenters. The van der Waals surface area contributed by atoms with Crippen LogP contribution in [0.1, 0.15) is 13.8 Å². The Bertz CT molecular complexity index is 338. The number of anilines is 2. The van der Waals surface area contributed by atoms with Gasteiger partial charge in [-0.15, -0.1) is 0 Å². The summed E-state index contributed by atoms with van der Waals surface area (Å²) in [7, 11) is 0. The normalized spacial score (nSPS) is 14.8. The minimum Gasteiger partial charge on any atom is -0.352 e. The lowest BCUT2D eigenvalue weighted by atomic mass is 10.2. The lowest BCUT2D eigenvalue weighted by Crippen LogP contribution is -2.30. The maximum Gasteiger partial charge on any atom is 0.0903 e. The highest BCUT2D eigenvalue weighted by molar-refractivity contribution is 6.31. The molecule has 3 heteroatoms. The van der Waals surface area contributed by atoms with Gasteiger partial charge < -0.3 is 9.80 Å². The van der Waals surface area contributed by atoms with Gasteiger partial charge >= 0.3 is 0 Å². The van der Waals surface area contributed by atoms with Crippen LogP contribution in [0.15, 0.2) is 18.2 Å². The summed E-state index contributed by atoms with van der Waals surface area (Å²) in [5, 5.41) is 0.820. The van der Waals surface area contributed by atoms with Gasteiger partial charge in [-0.2, -0.15) is 0 Å². The standard InChI is InChI=1S/C11H15ClN2/c1-3-13-8-14(4-2)11-7-9(12)5-6-10(11)13/h5-7H,3-4,8H2,1-2H3. The van der Waals surface area contributed by atoms with Crippen molar-refractivity contribution in [2.75, 3.05) is 29.6 Å². The maximum atomic E-state index is 5.99. The Morgan fingerprint density at radius 3 is 2.43 bits per heavy atom. The Kier molecular flexibility index (Phi) is 2.55. The van der Waals surface area contributed by atoms with Crippen molar-refractivity contribution in [3.63, 3.8) is 0 Å². The van der Waals surface area contributed by atoms with Gasteiger partial charge in [-0.25, -0.2) is 0 Å². The number of nitrogens with zero attached hydrogens (tertiary/aromatic N) is 2. The van der Waals surface area contributed by atoms with Gasteiger partial charge in [0.25, 0.3) is 0 Å². The van der Waals surface area contributed by atoms with E-state index in [4.69, 9.17) is 11.6 Å². The molecule has 0 spiro atoms. The van der Waals surface area contributed by atoms with Crippen molar-refractivity contribution >= 4 is 23.0 Å². The first-order valence-electron chi connectivity index (χ1n) is 5.05. The van der Waals surface area contributed by atoms with E-state index in [1.165, 1.54) is 11.4 Å². The molecular weight excluding hydrogens is 196 g/mol. The van der Waals surface area contributed by atoms with Crippen LogP contribution in [0, 0.1) is 0 Å². The predicted molar refractivity (Wildman–Crippen MR) is 62.4 cm³/mol. The van der Waals surface area contributed by atoms with Gasteiger partial charge in [0.1, 0.15) is 0 Å². The molecule has 0 amide bonds. The van der Waals surface area contributed by atoms with E-state index in [0.29, 0.717) is 0 Å². The molecule has 1 aromatic carbocycles. The van der Waals surface area contributed by atoms with E-state index in [-0.39, 0.29) is 0 Å². The van der Waals surface area contributed by atoms with E-state index in [1.54, 1.807) is 0 Å². The summed E-state index contributed by atoms with van der Waals surface area (Å²) in [6.07, 6.45) is 0. The second kappa shape index (κ2) is 3.70. The van der Waals surface area contributed by atoms with Crippen molar-refractivity contribution in [1.29, 1.82) is 0 Å². The zero-order chi connectivity index (χ0) is 10.1. The molecule has 1 aromatic rings. The summed E-state index contributed by atoms with van der Waals surface area (Å²) in [5.41, 5.74) is 2.57. The molecule has 0 fully saturated rings. The van der Waals surface area contributed by atoms with Crippen molar-refractivity contribution in [3.05, 3.63) is 23.2 Å². The van der Waals surface area contributed by atoms with E-state index >= 15 is 0 Å². The Balaban J connectivity index is 2.42. The molecule has 1 heterocycles. The largest absolute Gasteiger partial charge is 0.352 e. The van der Waals surface area contributed by atoms with Crippen molar-refractivity contribution in [2.24, 2.45) is 0 Å². The van der Waals surface area contributed by atoms with Crippen LogP contribution in [0.2, 0.25) is 5.02 Å². The number of hydrogen-bond donors (Lipinski definition) is 0. The second-order valence-electron chi connectivity index (χ2n) is 3.49. The predicted octanol–water partition coefficient (Wildman–Crippen LogP) is 2.96. The van der Waals surface area contributed by atoms with Crippen LogP contribution < -0.4 is 9.80 Å². The Morgan fingerprint density at radius 2 is 1.79 bits per heavy atom. The molecule has 0 saturated carbocycles. The number of fused-ring (bicyclic) bond motifs is 1. The Morgan fingerprint density at radius 1 is 1.14 bits per heavy atom. The molecule has 0 radical (unpaired) electrons. The van der Waals surface area contributed by atoms with Gasteiger partial charge in [0.05, 0.1) is 18.0 Å². The minimum absolute atomic E-state index is 0.820. The number of hydrogen-bond acceptors (Lipinski definition) is 2. The van der Waals surface area contributed by atoms with Gasteiger partial charge in [-0.05, 0) is 32.0 Å². The summed E-state index contributed by atoms with van der Waals surface area (Å²) in [4.78, 5) is 4.69. The molecule has 0 aliphatic carbocycles. The van der Waals surface area contributed by atoms with Crippen LogP contribution in [0.25, 0.3) is 0 Å². The molecule has 0 bridgehead atoms. The highest BCUT2D eigenvalue weighted by atomic mass is 35.5. The van der Waals surface area contributed by atoms with Crippen molar-refractivity contribution < 1.29 is 0 Å². The van der Waals surface area contributed by atoms with Gasteiger partial charge in [-0.3, -0.25) is 0 Å². The van der Waals surface area contributed by atoms with Gasteiger partial charge in [-0.1, -0.05) is 11.6 Å². The van der Waals surface area contributed by atoms with Gasteiger partial charge in [0.15, 0.2) is 0 Å². The molecule has 0 atom stereocenters. The Labute approximate surface area is 90.1 Å². The molecule has 0 N–H and O–H groups in total. The molecule has 1 aliphatic heterocycles. The molecule has 76 valence electrons. The Hall–Kier alpha value is -0.890. The first kappa shape index (κ1) is 9.66. The number of halogens is 1. The highest BCUT2D eigenvalue weighted by Gasteiger charge is 2.23. The molecule has 0 saturated heterocycles. The fraction of sp³-hybridized carbons (Fsp3) is 0.455. The first-order chi connectivity index (χ1) is 6.76. The molecule has 14 heavy (non-hydrogen) atoms. The topological polar surface area (TPSA) is 6.48 Å². The third-order valence-corrected chi connectivity index (χ3v) is 2.96. The third kappa shape index (κ3) is 1.44. The number of benzene rings is 1. The lowest BCUT2D eigenvalue weighted by molar-refractivity contribution is 0.801. The second-order valence-corrected chi connectivity index (χ2v) is 3.92. The van der Waals surface area contributed by atoms with Crippen molar-refractivity contribution in [3.8, 4) is 0 Å². The SMILES string of the molecule is CCN1CN(CC)c2cc(Cl)ccc21. The quantitative estimate of drug-likeness (QED) is 0.741. The summed E-state index contributed by atoms with van der Waals surface area (Å²) in [6.45, 7) is 7.42. The monoisotopic (exact) mass is 210 g/mol. The van der Waals surface area contributed by atoms with Crippen LogP contribution in [0.4, 0.5) is 11.4 Å². The molecule has 0 aromatic heterocycles. The van der Waals surface area contributed by atoms with Crippen molar-refractivity contribution in [1.82, 2.24) is 0 Å². The average Bonchev–Trinajstić information content (AvgIpc) is 2.55. The van der Waals surface area contributed by atoms with Crippen LogP contribution >= 0.6 is 11.6 Å². The first-order valence-corrected chi connectivity index (χ1v) is 5.43. The zero-order valence-corrected chi connectivity index (χ0v) is 9.38. The summed E-state index contributed by atoms with van der Waals surface area (Å²) in [5.74, 6) is 0. The van der Waals surface area contributed by atoms with Crippen LogP contribution in [-0.2, 0) is 0 Å². The number of rotatable bonds is 2. The fourth-order valence-electron chi connectivity index (χ4n) is 1.92. The lowest BCUT2D eigenvalue weighted by Gasteiger charge is -2.18. The zero-order valence-electron chi connectivity index (χ0n) is 8.63. The van der Waals surface area contributed by atoms with E-state index in [0.717, 1.165) is 24.8 Å². The van der Waals surface area contributed by atoms with E-state index in [2.05, 4.69) is 35.8 Å². The van der Waals surface area contributed by atoms with Gasteiger partial charge in [0, 0.05) is 18.1 Å². The summed E-state index contributed by atoms with van der Waals surface area (Å²) in [6, 6.07) is 6.12. The van der Waals surface area contributed by atoms with Crippen LogP contribution in [-0.4, -0.2) is 19.8 Å². The third-order valence-electron chi connectivity index (χ3n) is 2.72. The van der Waals surface area contributed by atoms with Crippen LogP contribution in [0.5, 0.6) is 0 Å².